The maximum atomic E-state index is 5.98. The number of nitrogens with zero attached hydrogens (tertiary/aromatic N) is 2. The van der Waals surface area contributed by atoms with Gasteiger partial charge in [0.1, 0.15) is 5.69 Å². The summed E-state index contributed by atoms with van der Waals surface area (Å²) in [5.41, 5.74) is 2.99. The molecule has 4 rings (SSSR count). The number of pyridine rings is 1. The Labute approximate surface area is 128 Å². The Bertz CT molecular complexity index is 805. The van der Waals surface area contributed by atoms with Crippen LogP contribution in [0.4, 0.5) is 17.1 Å². The Hall–Kier alpha value is -2.46. The van der Waals surface area contributed by atoms with Crippen LogP contribution in [0, 0.1) is 0 Å². The van der Waals surface area contributed by atoms with Gasteiger partial charge in [0.15, 0.2) is 11.5 Å². The smallest absolute Gasteiger partial charge is 0.154 e. The van der Waals surface area contributed by atoms with Crippen LogP contribution >= 0.6 is 12.6 Å². The SMILES string of the molecule is Sc1ccc2c(c1)Oc1ccncc1N2c1ccccc1. The van der Waals surface area contributed by atoms with E-state index in [4.69, 9.17) is 4.74 Å². The number of para-hydroxylation sites is 1. The number of hydrogen-bond acceptors (Lipinski definition) is 4. The van der Waals surface area contributed by atoms with Gasteiger partial charge in [0, 0.05) is 22.8 Å². The van der Waals surface area contributed by atoms with Crippen LogP contribution in [0.5, 0.6) is 11.5 Å². The second kappa shape index (κ2) is 4.82. The highest BCUT2D eigenvalue weighted by Crippen LogP contribution is 2.50. The van der Waals surface area contributed by atoms with Crippen LogP contribution in [0.1, 0.15) is 0 Å². The molecule has 0 spiro atoms. The Morgan fingerprint density at radius 1 is 0.905 bits per heavy atom. The third-order valence-corrected chi connectivity index (χ3v) is 3.70. The minimum atomic E-state index is 0.792. The molecular formula is C17H12N2OS. The first-order valence-corrected chi connectivity index (χ1v) is 7.08. The van der Waals surface area contributed by atoms with Crippen molar-refractivity contribution in [1.82, 2.24) is 4.98 Å². The quantitative estimate of drug-likeness (QED) is 0.503. The molecule has 102 valence electrons. The molecule has 1 aliphatic heterocycles. The monoisotopic (exact) mass is 292 g/mol. The number of hydrogen-bond donors (Lipinski definition) is 1. The van der Waals surface area contributed by atoms with Crippen LogP contribution in [-0.4, -0.2) is 4.98 Å². The molecule has 0 amide bonds. The first kappa shape index (κ1) is 12.3. The molecule has 0 saturated heterocycles. The maximum absolute atomic E-state index is 5.98. The van der Waals surface area contributed by atoms with Gasteiger partial charge in [0.25, 0.3) is 0 Å². The summed E-state index contributed by atoms with van der Waals surface area (Å²) in [7, 11) is 0. The Balaban J connectivity index is 1.97. The number of fused-ring (bicyclic) bond motifs is 2. The van der Waals surface area contributed by atoms with Crippen molar-refractivity contribution >= 4 is 29.7 Å². The molecule has 1 aliphatic rings. The van der Waals surface area contributed by atoms with E-state index in [0.717, 1.165) is 33.5 Å². The highest BCUT2D eigenvalue weighted by molar-refractivity contribution is 7.80. The fourth-order valence-electron chi connectivity index (χ4n) is 2.50. The van der Waals surface area contributed by atoms with E-state index in [1.54, 1.807) is 6.20 Å². The topological polar surface area (TPSA) is 25.4 Å². The van der Waals surface area contributed by atoms with Gasteiger partial charge in [-0.3, -0.25) is 4.98 Å². The molecule has 3 nitrogen and oxygen atoms in total. The van der Waals surface area contributed by atoms with Gasteiger partial charge in [-0.05, 0) is 30.3 Å². The van der Waals surface area contributed by atoms with Crippen molar-refractivity contribution in [2.75, 3.05) is 4.90 Å². The molecule has 0 N–H and O–H groups in total. The van der Waals surface area contributed by atoms with Gasteiger partial charge in [-0.2, -0.15) is 0 Å². The van der Waals surface area contributed by atoms with Crippen molar-refractivity contribution in [2.45, 2.75) is 4.90 Å². The van der Waals surface area contributed by atoms with Crippen molar-refractivity contribution in [3.8, 4) is 11.5 Å². The summed E-state index contributed by atoms with van der Waals surface area (Å²) in [6.07, 6.45) is 3.55. The van der Waals surface area contributed by atoms with Gasteiger partial charge in [-0.25, -0.2) is 0 Å². The molecule has 0 fully saturated rings. The molecule has 2 heterocycles. The molecule has 1 aromatic heterocycles. The van der Waals surface area contributed by atoms with E-state index >= 15 is 0 Å². The predicted octanol–water partition coefficient (Wildman–Crippen LogP) is 4.95. The standard InChI is InChI=1S/C17H12N2OS/c21-13-6-7-14-17(10-13)20-16-8-9-18-11-15(16)19(14)12-4-2-1-3-5-12/h1-11,21H. The van der Waals surface area contributed by atoms with E-state index in [2.05, 4.69) is 34.6 Å². The molecule has 0 unspecified atom stereocenters. The van der Waals surface area contributed by atoms with E-state index in [0.29, 0.717) is 0 Å². The Morgan fingerprint density at radius 3 is 2.62 bits per heavy atom. The van der Waals surface area contributed by atoms with Crippen LogP contribution < -0.4 is 9.64 Å². The van der Waals surface area contributed by atoms with Crippen molar-refractivity contribution in [3.05, 3.63) is 67.0 Å². The average molecular weight is 292 g/mol. The van der Waals surface area contributed by atoms with E-state index in [-0.39, 0.29) is 0 Å². The van der Waals surface area contributed by atoms with Crippen LogP contribution in [0.15, 0.2) is 71.9 Å². The third-order valence-electron chi connectivity index (χ3n) is 3.42. The summed E-state index contributed by atoms with van der Waals surface area (Å²) in [5, 5.41) is 0. The zero-order chi connectivity index (χ0) is 14.2. The summed E-state index contributed by atoms with van der Waals surface area (Å²) in [6.45, 7) is 0. The number of benzene rings is 2. The van der Waals surface area contributed by atoms with Gasteiger partial charge in [0.05, 0.1) is 11.9 Å². The molecule has 0 aliphatic carbocycles. The average Bonchev–Trinajstić information content (AvgIpc) is 2.53. The van der Waals surface area contributed by atoms with Crippen molar-refractivity contribution in [2.24, 2.45) is 0 Å². The molecule has 21 heavy (non-hydrogen) atoms. The van der Waals surface area contributed by atoms with Gasteiger partial charge < -0.3 is 9.64 Å². The lowest BCUT2D eigenvalue weighted by molar-refractivity contribution is 0.475. The highest BCUT2D eigenvalue weighted by atomic mass is 32.1. The highest BCUT2D eigenvalue weighted by Gasteiger charge is 2.25. The van der Waals surface area contributed by atoms with Crippen molar-refractivity contribution in [1.29, 1.82) is 0 Å². The number of rotatable bonds is 1. The fraction of sp³-hybridized carbons (Fsp3) is 0. The number of thiol groups is 1. The van der Waals surface area contributed by atoms with Gasteiger partial charge >= 0.3 is 0 Å². The molecule has 4 heteroatoms. The molecule has 2 aromatic carbocycles. The zero-order valence-corrected chi connectivity index (χ0v) is 12.0. The lowest BCUT2D eigenvalue weighted by Gasteiger charge is -2.32. The van der Waals surface area contributed by atoms with Gasteiger partial charge in [-0.15, -0.1) is 12.6 Å². The molecule has 0 radical (unpaired) electrons. The van der Waals surface area contributed by atoms with E-state index in [1.807, 2.05) is 48.7 Å². The third kappa shape index (κ3) is 2.04. The van der Waals surface area contributed by atoms with Crippen LogP contribution in [-0.2, 0) is 0 Å². The van der Waals surface area contributed by atoms with Crippen LogP contribution in [0.3, 0.4) is 0 Å². The number of anilines is 3. The fourth-order valence-corrected chi connectivity index (χ4v) is 2.69. The number of aromatic nitrogens is 1. The van der Waals surface area contributed by atoms with Gasteiger partial charge in [0.2, 0.25) is 0 Å². The minimum Gasteiger partial charge on any atom is -0.453 e. The van der Waals surface area contributed by atoms with E-state index < -0.39 is 0 Å². The summed E-state index contributed by atoms with van der Waals surface area (Å²) in [5.74, 6) is 1.59. The molecule has 0 saturated carbocycles. The summed E-state index contributed by atoms with van der Waals surface area (Å²) in [6, 6.07) is 18.0. The van der Waals surface area contributed by atoms with Crippen molar-refractivity contribution < 1.29 is 4.74 Å². The largest absolute Gasteiger partial charge is 0.453 e. The zero-order valence-electron chi connectivity index (χ0n) is 11.1. The maximum Gasteiger partial charge on any atom is 0.154 e. The van der Waals surface area contributed by atoms with Gasteiger partial charge in [-0.1, -0.05) is 18.2 Å². The number of ether oxygens (including phenoxy) is 1. The second-order valence-corrected chi connectivity index (χ2v) is 5.28. The lowest BCUT2D eigenvalue weighted by Crippen LogP contribution is -2.15. The molecular weight excluding hydrogens is 280 g/mol. The van der Waals surface area contributed by atoms with Crippen molar-refractivity contribution in [3.63, 3.8) is 0 Å². The molecule has 0 atom stereocenters. The minimum absolute atomic E-state index is 0.792. The van der Waals surface area contributed by atoms with E-state index in [1.165, 1.54) is 0 Å². The predicted molar refractivity (Wildman–Crippen MR) is 86.2 cm³/mol. The first-order valence-electron chi connectivity index (χ1n) is 6.63. The Morgan fingerprint density at radius 2 is 1.76 bits per heavy atom. The van der Waals surface area contributed by atoms with E-state index in [9.17, 15) is 0 Å². The first-order chi connectivity index (χ1) is 10.3. The summed E-state index contributed by atoms with van der Waals surface area (Å²) >= 11 is 4.39. The second-order valence-electron chi connectivity index (χ2n) is 4.77. The Kier molecular flexibility index (Phi) is 2.82. The summed E-state index contributed by atoms with van der Waals surface area (Å²) < 4.78 is 5.98. The normalized spacial score (nSPS) is 12.3. The summed E-state index contributed by atoms with van der Waals surface area (Å²) in [4.78, 5) is 7.25. The van der Waals surface area contributed by atoms with Crippen LogP contribution in [0.25, 0.3) is 0 Å². The lowest BCUT2D eigenvalue weighted by atomic mass is 10.1. The van der Waals surface area contributed by atoms with Crippen LogP contribution in [0.2, 0.25) is 0 Å². The molecule has 3 aromatic rings. The molecule has 0 bridgehead atoms.